The number of amides is 1. The maximum atomic E-state index is 12.8. The summed E-state index contributed by atoms with van der Waals surface area (Å²) in [6.45, 7) is 2.23. The molecule has 0 unspecified atom stereocenters. The van der Waals surface area contributed by atoms with Crippen molar-refractivity contribution in [2.75, 3.05) is 5.32 Å². The summed E-state index contributed by atoms with van der Waals surface area (Å²) in [4.78, 5) is 12.8. The second kappa shape index (κ2) is 9.96. The van der Waals surface area contributed by atoms with Gasteiger partial charge in [0.2, 0.25) is 5.13 Å². The highest BCUT2D eigenvalue weighted by Gasteiger charge is 2.21. The molecule has 0 atom stereocenters. The van der Waals surface area contributed by atoms with Gasteiger partial charge < -0.3 is 0 Å². The molecule has 0 radical (unpaired) electrons. The van der Waals surface area contributed by atoms with Gasteiger partial charge in [-0.3, -0.25) is 10.1 Å². The largest absolute Gasteiger partial charge is 0.296 e. The zero-order valence-corrected chi connectivity index (χ0v) is 19.3. The van der Waals surface area contributed by atoms with E-state index in [1.807, 2.05) is 42.5 Å². The molecule has 2 aromatic heterocycles. The summed E-state index contributed by atoms with van der Waals surface area (Å²) in [7, 11) is 0. The van der Waals surface area contributed by atoms with Gasteiger partial charge >= 0.3 is 0 Å². The van der Waals surface area contributed by atoms with E-state index < -0.39 is 0 Å². The van der Waals surface area contributed by atoms with Gasteiger partial charge in [0.25, 0.3) is 5.91 Å². The second-order valence-corrected chi connectivity index (χ2v) is 9.38. The lowest BCUT2D eigenvalue weighted by molar-refractivity contribution is 0.102. The Morgan fingerprint density at radius 1 is 1.16 bits per heavy atom. The van der Waals surface area contributed by atoms with Crippen LogP contribution in [0.25, 0.3) is 0 Å². The zero-order chi connectivity index (χ0) is 22.5. The smallest absolute Gasteiger partial charge is 0.262 e. The van der Waals surface area contributed by atoms with Crippen LogP contribution >= 0.6 is 34.7 Å². The Kier molecular flexibility index (Phi) is 6.85. The third-order valence-corrected chi connectivity index (χ3v) is 6.97. The lowest BCUT2D eigenvalue weighted by atomic mass is 10.2. The number of nitriles is 1. The summed E-state index contributed by atoms with van der Waals surface area (Å²) in [5, 5.41) is 24.9. The molecule has 0 fully saturated rings. The highest BCUT2D eigenvalue weighted by molar-refractivity contribution is 8.00. The Morgan fingerprint density at radius 2 is 1.91 bits per heavy atom. The first-order chi connectivity index (χ1) is 15.5. The summed E-state index contributed by atoms with van der Waals surface area (Å²) in [5.74, 6) is 0.317. The van der Waals surface area contributed by atoms with Crippen LogP contribution in [0.15, 0.2) is 58.9 Å². The van der Waals surface area contributed by atoms with E-state index in [0.717, 1.165) is 15.5 Å². The summed E-state index contributed by atoms with van der Waals surface area (Å²) < 4.78 is 2.34. The van der Waals surface area contributed by atoms with E-state index in [1.54, 1.807) is 23.7 Å². The highest BCUT2D eigenvalue weighted by atomic mass is 35.5. The number of nitrogens with zero attached hydrogens (tertiary/aromatic N) is 5. The molecule has 0 aliphatic heterocycles. The molecule has 0 bridgehead atoms. The van der Waals surface area contributed by atoms with Crippen LogP contribution in [0.2, 0.25) is 5.15 Å². The number of anilines is 1. The van der Waals surface area contributed by atoms with E-state index in [0.29, 0.717) is 34.2 Å². The molecule has 4 rings (SSSR count). The number of benzene rings is 2. The topological polar surface area (TPSA) is 96.5 Å². The third kappa shape index (κ3) is 5.16. The predicted octanol–water partition coefficient (Wildman–Crippen LogP) is 5.16. The van der Waals surface area contributed by atoms with Gasteiger partial charge in [-0.05, 0) is 30.2 Å². The molecule has 1 amide bonds. The van der Waals surface area contributed by atoms with Crippen molar-refractivity contribution in [1.29, 1.82) is 5.26 Å². The minimum absolute atomic E-state index is 0.281. The Balaban J connectivity index is 1.40. The number of thioether (sulfide) groups is 1. The van der Waals surface area contributed by atoms with Crippen molar-refractivity contribution in [2.45, 2.75) is 23.6 Å². The van der Waals surface area contributed by atoms with Gasteiger partial charge in [0.1, 0.15) is 5.15 Å². The van der Waals surface area contributed by atoms with Crippen LogP contribution in [-0.2, 0) is 12.3 Å². The standard InChI is InChI=1S/C22H17ClN6OS2/c1-14-18(19(23)29(28-14)12-16-5-3-2-4-6-16)20(30)25-21-26-27-22(32-21)31-13-17-9-7-15(11-24)8-10-17/h2-10H,12-13H2,1H3,(H,25,26,30). The predicted molar refractivity (Wildman–Crippen MR) is 126 cm³/mol. The van der Waals surface area contributed by atoms with Crippen LogP contribution in [-0.4, -0.2) is 25.9 Å². The molecule has 160 valence electrons. The average molecular weight is 481 g/mol. The second-order valence-electron chi connectivity index (χ2n) is 6.82. The Labute approximate surface area is 198 Å². The number of halogens is 1. The van der Waals surface area contributed by atoms with Gasteiger partial charge in [0, 0.05) is 5.75 Å². The van der Waals surface area contributed by atoms with Gasteiger partial charge in [-0.1, -0.05) is 77.2 Å². The first-order valence-electron chi connectivity index (χ1n) is 9.57. The van der Waals surface area contributed by atoms with Gasteiger partial charge in [-0.2, -0.15) is 10.4 Å². The Hall–Kier alpha value is -3.19. The molecule has 7 nitrogen and oxygen atoms in total. The number of carbonyl (C=O) groups is 1. The third-order valence-electron chi connectivity index (χ3n) is 4.54. The molecule has 0 saturated heterocycles. The normalized spacial score (nSPS) is 10.7. The molecule has 0 aliphatic rings. The quantitative estimate of drug-likeness (QED) is 0.290. The number of rotatable bonds is 7. The molecule has 0 saturated carbocycles. The zero-order valence-electron chi connectivity index (χ0n) is 16.9. The summed E-state index contributed by atoms with van der Waals surface area (Å²) >= 11 is 9.27. The highest BCUT2D eigenvalue weighted by Crippen LogP contribution is 2.29. The molecule has 10 heteroatoms. The van der Waals surface area contributed by atoms with Gasteiger partial charge in [0.15, 0.2) is 4.34 Å². The molecule has 1 N–H and O–H groups in total. The SMILES string of the molecule is Cc1nn(Cc2ccccc2)c(Cl)c1C(=O)Nc1nnc(SCc2ccc(C#N)cc2)s1. The van der Waals surface area contributed by atoms with Crippen LogP contribution in [0, 0.1) is 18.3 Å². The van der Waals surface area contributed by atoms with Crippen molar-refractivity contribution in [2.24, 2.45) is 0 Å². The number of carbonyl (C=O) groups excluding carboxylic acids is 1. The van der Waals surface area contributed by atoms with Crippen LogP contribution < -0.4 is 5.32 Å². The van der Waals surface area contributed by atoms with Crippen molar-refractivity contribution in [3.63, 3.8) is 0 Å². The molecule has 0 spiro atoms. The molecular formula is C22H17ClN6OS2. The fraction of sp³-hybridized carbons (Fsp3) is 0.136. The molecular weight excluding hydrogens is 464 g/mol. The van der Waals surface area contributed by atoms with Gasteiger partial charge in [-0.15, -0.1) is 10.2 Å². The van der Waals surface area contributed by atoms with Crippen LogP contribution in [0.3, 0.4) is 0 Å². The maximum absolute atomic E-state index is 12.8. The van der Waals surface area contributed by atoms with E-state index in [1.165, 1.54) is 23.1 Å². The van der Waals surface area contributed by atoms with Crippen molar-refractivity contribution in [1.82, 2.24) is 20.0 Å². The average Bonchev–Trinajstić information content (AvgIpc) is 3.36. The Bertz CT molecular complexity index is 1280. The van der Waals surface area contributed by atoms with Gasteiger partial charge in [0.05, 0.1) is 29.4 Å². The minimum atomic E-state index is -0.369. The lowest BCUT2D eigenvalue weighted by Crippen LogP contribution is -2.13. The van der Waals surface area contributed by atoms with Crippen LogP contribution in [0.1, 0.15) is 32.7 Å². The fourth-order valence-electron chi connectivity index (χ4n) is 2.97. The van der Waals surface area contributed by atoms with E-state index in [2.05, 4.69) is 26.7 Å². The number of hydrogen-bond donors (Lipinski definition) is 1. The molecule has 2 heterocycles. The van der Waals surface area contributed by atoms with E-state index >= 15 is 0 Å². The minimum Gasteiger partial charge on any atom is -0.296 e. The maximum Gasteiger partial charge on any atom is 0.262 e. The number of nitrogens with one attached hydrogen (secondary N) is 1. The monoisotopic (exact) mass is 480 g/mol. The van der Waals surface area contributed by atoms with Crippen LogP contribution in [0.4, 0.5) is 5.13 Å². The van der Waals surface area contributed by atoms with Crippen molar-refractivity contribution >= 4 is 45.7 Å². The van der Waals surface area contributed by atoms with Crippen LogP contribution in [0.5, 0.6) is 0 Å². The molecule has 2 aromatic carbocycles. The summed E-state index contributed by atoms with van der Waals surface area (Å²) in [5.41, 5.74) is 3.61. The summed E-state index contributed by atoms with van der Waals surface area (Å²) in [6.07, 6.45) is 0. The molecule has 4 aromatic rings. The van der Waals surface area contributed by atoms with E-state index in [9.17, 15) is 4.79 Å². The number of aromatic nitrogens is 4. The first kappa shape index (κ1) is 22.0. The van der Waals surface area contributed by atoms with Crippen molar-refractivity contribution < 1.29 is 4.79 Å². The molecule has 32 heavy (non-hydrogen) atoms. The first-order valence-corrected chi connectivity index (χ1v) is 11.7. The van der Waals surface area contributed by atoms with Crippen molar-refractivity contribution in [3.05, 3.63) is 87.7 Å². The fourth-order valence-corrected chi connectivity index (χ4v) is 4.99. The van der Waals surface area contributed by atoms with E-state index in [-0.39, 0.29) is 11.1 Å². The Morgan fingerprint density at radius 3 is 2.62 bits per heavy atom. The lowest BCUT2D eigenvalue weighted by Gasteiger charge is -2.04. The number of hydrogen-bond acceptors (Lipinski definition) is 7. The number of aryl methyl sites for hydroxylation is 1. The van der Waals surface area contributed by atoms with Gasteiger partial charge in [-0.25, -0.2) is 4.68 Å². The summed E-state index contributed by atoms with van der Waals surface area (Å²) in [6, 6.07) is 19.3. The van der Waals surface area contributed by atoms with Crippen molar-refractivity contribution in [3.8, 4) is 6.07 Å². The van der Waals surface area contributed by atoms with E-state index in [4.69, 9.17) is 16.9 Å². The molecule has 0 aliphatic carbocycles.